The number of nitrogens with two attached hydrogens (primary N) is 1. The zero-order valence-electron chi connectivity index (χ0n) is 14.2. The molecule has 2 heterocycles. The third kappa shape index (κ3) is 3.33. The van der Waals surface area contributed by atoms with Crippen molar-refractivity contribution in [3.05, 3.63) is 65.0 Å². The fraction of sp³-hybridized carbons (Fsp3) is 0.263. The summed E-state index contributed by atoms with van der Waals surface area (Å²) in [7, 11) is 0. The molecule has 7 heteroatoms. The van der Waals surface area contributed by atoms with Gasteiger partial charge >= 0.3 is 0 Å². The first kappa shape index (κ1) is 16.4. The van der Waals surface area contributed by atoms with Gasteiger partial charge in [-0.05, 0) is 48.6 Å². The molecule has 6 nitrogen and oxygen atoms in total. The monoisotopic (exact) mass is 351 g/mol. The normalized spacial score (nSPS) is 13.0. The van der Waals surface area contributed by atoms with E-state index < -0.39 is 5.91 Å². The number of primary amides is 1. The highest BCUT2D eigenvalue weighted by molar-refractivity contribution is 5.75. The SMILES string of the molecule is NC(=O)Cc1nc(-c2cnc3c(c2)CCC3)n(Cc2ccc(F)cc2)n1. The highest BCUT2D eigenvalue weighted by Gasteiger charge is 2.18. The second-order valence-corrected chi connectivity index (χ2v) is 6.46. The summed E-state index contributed by atoms with van der Waals surface area (Å²) in [6.07, 6.45) is 4.90. The summed E-state index contributed by atoms with van der Waals surface area (Å²) in [4.78, 5) is 20.3. The minimum absolute atomic E-state index is 0.0260. The predicted molar refractivity (Wildman–Crippen MR) is 93.7 cm³/mol. The van der Waals surface area contributed by atoms with Crippen molar-refractivity contribution >= 4 is 5.91 Å². The summed E-state index contributed by atoms with van der Waals surface area (Å²) in [6, 6.07) is 8.32. The smallest absolute Gasteiger partial charge is 0.225 e. The van der Waals surface area contributed by atoms with E-state index in [2.05, 4.69) is 21.1 Å². The lowest BCUT2D eigenvalue weighted by atomic mass is 10.1. The lowest BCUT2D eigenvalue weighted by Crippen LogP contribution is -2.15. The summed E-state index contributed by atoms with van der Waals surface area (Å²) >= 11 is 0. The third-order valence-corrected chi connectivity index (χ3v) is 4.47. The number of halogens is 1. The Hall–Kier alpha value is -3.09. The Morgan fingerprint density at radius 1 is 1.23 bits per heavy atom. The van der Waals surface area contributed by atoms with Crippen molar-refractivity contribution in [1.82, 2.24) is 19.7 Å². The quantitative estimate of drug-likeness (QED) is 0.762. The molecule has 1 aliphatic carbocycles. The van der Waals surface area contributed by atoms with Crippen LogP contribution in [0.2, 0.25) is 0 Å². The van der Waals surface area contributed by atoms with Gasteiger partial charge in [-0.15, -0.1) is 0 Å². The third-order valence-electron chi connectivity index (χ3n) is 4.47. The zero-order chi connectivity index (χ0) is 18.1. The van der Waals surface area contributed by atoms with Gasteiger partial charge in [0, 0.05) is 17.5 Å². The molecule has 0 saturated heterocycles. The average Bonchev–Trinajstić information content (AvgIpc) is 3.22. The van der Waals surface area contributed by atoms with Crippen molar-refractivity contribution in [2.45, 2.75) is 32.2 Å². The molecule has 1 amide bonds. The Morgan fingerprint density at radius 3 is 2.81 bits per heavy atom. The fourth-order valence-corrected chi connectivity index (χ4v) is 3.26. The lowest BCUT2D eigenvalue weighted by Gasteiger charge is -2.07. The van der Waals surface area contributed by atoms with E-state index in [0.717, 1.165) is 36.1 Å². The van der Waals surface area contributed by atoms with Crippen LogP contribution in [-0.2, 0) is 30.6 Å². The molecule has 0 saturated carbocycles. The summed E-state index contributed by atoms with van der Waals surface area (Å²) in [5.74, 6) is 0.232. The predicted octanol–water partition coefficient (Wildman–Crippen LogP) is 2.04. The van der Waals surface area contributed by atoms with Crippen molar-refractivity contribution in [1.29, 1.82) is 0 Å². The summed E-state index contributed by atoms with van der Waals surface area (Å²) in [6.45, 7) is 0.415. The van der Waals surface area contributed by atoms with Gasteiger partial charge in [-0.1, -0.05) is 12.1 Å². The van der Waals surface area contributed by atoms with Crippen LogP contribution in [0.5, 0.6) is 0 Å². The minimum atomic E-state index is -0.484. The van der Waals surface area contributed by atoms with Gasteiger partial charge in [0.25, 0.3) is 0 Å². The Kier molecular flexibility index (Phi) is 4.20. The number of pyridine rings is 1. The number of benzene rings is 1. The largest absolute Gasteiger partial charge is 0.369 e. The zero-order valence-corrected chi connectivity index (χ0v) is 14.2. The first-order valence-electron chi connectivity index (χ1n) is 8.53. The fourth-order valence-electron chi connectivity index (χ4n) is 3.26. The number of aryl methyl sites for hydroxylation is 2. The maximum atomic E-state index is 13.1. The Bertz CT molecular complexity index is 965. The molecule has 1 aliphatic rings. The van der Waals surface area contributed by atoms with Crippen LogP contribution in [-0.4, -0.2) is 25.7 Å². The van der Waals surface area contributed by atoms with Gasteiger partial charge in [0.2, 0.25) is 5.91 Å². The van der Waals surface area contributed by atoms with Crippen LogP contribution in [0.25, 0.3) is 11.4 Å². The molecule has 3 aromatic rings. The molecule has 0 bridgehead atoms. The van der Waals surface area contributed by atoms with E-state index in [9.17, 15) is 9.18 Å². The first-order valence-corrected chi connectivity index (χ1v) is 8.53. The number of carbonyl (C=O) groups excluding carboxylic acids is 1. The van der Waals surface area contributed by atoms with E-state index in [1.807, 2.05) is 0 Å². The van der Waals surface area contributed by atoms with Gasteiger partial charge in [0.1, 0.15) is 5.82 Å². The Labute approximate surface area is 149 Å². The minimum Gasteiger partial charge on any atom is -0.369 e. The number of hydrogen-bond donors (Lipinski definition) is 1. The van der Waals surface area contributed by atoms with Crippen LogP contribution in [0.3, 0.4) is 0 Å². The number of aromatic nitrogens is 4. The van der Waals surface area contributed by atoms with Crippen LogP contribution < -0.4 is 5.73 Å². The van der Waals surface area contributed by atoms with Gasteiger partial charge in [-0.2, -0.15) is 5.10 Å². The Balaban J connectivity index is 1.72. The van der Waals surface area contributed by atoms with Crippen molar-refractivity contribution in [3.8, 4) is 11.4 Å². The number of carbonyl (C=O) groups is 1. The molecule has 0 aliphatic heterocycles. The highest BCUT2D eigenvalue weighted by Crippen LogP contribution is 2.26. The van der Waals surface area contributed by atoms with Crippen LogP contribution in [0.15, 0.2) is 36.5 Å². The van der Waals surface area contributed by atoms with Gasteiger partial charge < -0.3 is 5.73 Å². The number of amides is 1. The molecule has 0 fully saturated rings. The first-order chi connectivity index (χ1) is 12.6. The molecule has 0 radical (unpaired) electrons. The number of nitrogens with zero attached hydrogens (tertiary/aromatic N) is 4. The van der Waals surface area contributed by atoms with E-state index in [1.165, 1.54) is 17.7 Å². The molecule has 0 unspecified atom stereocenters. The maximum Gasteiger partial charge on any atom is 0.225 e. The van der Waals surface area contributed by atoms with Crippen molar-refractivity contribution in [2.24, 2.45) is 5.73 Å². The van der Waals surface area contributed by atoms with Crippen LogP contribution in [0.4, 0.5) is 4.39 Å². The maximum absolute atomic E-state index is 13.1. The molecule has 0 atom stereocenters. The van der Waals surface area contributed by atoms with Crippen LogP contribution >= 0.6 is 0 Å². The van der Waals surface area contributed by atoms with Gasteiger partial charge in [0.15, 0.2) is 11.6 Å². The molecular weight excluding hydrogens is 333 g/mol. The van der Waals surface area contributed by atoms with Crippen molar-refractivity contribution in [3.63, 3.8) is 0 Å². The number of fused-ring (bicyclic) bond motifs is 1. The molecule has 1 aromatic carbocycles. The van der Waals surface area contributed by atoms with Gasteiger partial charge in [-0.25, -0.2) is 14.1 Å². The van der Waals surface area contributed by atoms with Crippen LogP contribution in [0.1, 0.15) is 29.1 Å². The lowest BCUT2D eigenvalue weighted by molar-refractivity contribution is -0.117. The molecule has 0 spiro atoms. The van der Waals surface area contributed by atoms with Crippen molar-refractivity contribution < 1.29 is 9.18 Å². The summed E-state index contributed by atoms with van der Waals surface area (Å²) in [5.41, 5.74) is 9.39. The molecule has 26 heavy (non-hydrogen) atoms. The van der Waals surface area contributed by atoms with Crippen LogP contribution in [0, 0.1) is 5.82 Å². The molecule has 132 valence electrons. The topological polar surface area (TPSA) is 86.7 Å². The van der Waals surface area contributed by atoms with E-state index in [0.29, 0.717) is 18.2 Å². The average molecular weight is 351 g/mol. The number of hydrogen-bond acceptors (Lipinski definition) is 4. The van der Waals surface area contributed by atoms with Crippen molar-refractivity contribution in [2.75, 3.05) is 0 Å². The van der Waals surface area contributed by atoms with E-state index >= 15 is 0 Å². The number of rotatable bonds is 5. The summed E-state index contributed by atoms with van der Waals surface area (Å²) < 4.78 is 14.9. The second-order valence-electron chi connectivity index (χ2n) is 6.46. The molecule has 2 aromatic heterocycles. The molecule has 2 N–H and O–H groups in total. The van der Waals surface area contributed by atoms with Gasteiger partial charge in [0.05, 0.1) is 13.0 Å². The van der Waals surface area contributed by atoms with Gasteiger partial charge in [-0.3, -0.25) is 9.78 Å². The molecule has 4 rings (SSSR count). The van der Waals surface area contributed by atoms with E-state index in [-0.39, 0.29) is 12.2 Å². The standard InChI is InChI=1S/C19H18FN5O/c20-15-6-4-12(5-7-15)11-25-19(23-18(24-25)9-17(21)26)14-8-13-2-1-3-16(13)22-10-14/h4-8,10H,1-3,9,11H2,(H2,21,26). The van der Waals surface area contributed by atoms with E-state index in [1.54, 1.807) is 23.0 Å². The highest BCUT2D eigenvalue weighted by atomic mass is 19.1. The summed E-state index contributed by atoms with van der Waals surface area (Å²) in [5, 5.41) is 4.42. The second kappa shape index (κ2) is 6.67. The van der Waals surface area contributed by atoms with E-state index in [4.69, 9.17) is 5.73 Å². The Morgan fingerprint density at radius 2 is 2.04 bits per heavy atom. The molecular formula is C19H18FN5O.